The molecule has 0 aliphatic carbocycles. The van der Waals surface area contributed by atoms with Gasteiger partial charge in [-0.05, 0) is 60.0 Å². The number of tetrazole rings is 1. The molecule has 0 aliphatic rings. The molecule has 2 aromatic heterocycles. The van der Waals surface area contributed by atoms with E-state index in [1.165, 1.54) is 28.7 Å². The highest BCUT2D eigenvalue weighted by Gasteiger charge is 2.23. The van der Waals surface area contributed by atoms with Crippen LogP contribution >= 0.6 is 23.1 Å². The van der Waals surface area contributed by atoms with Crippen molar-refractivity contribution in [2.45, 2.75) is 25.9 Å². The molecule has 1 N–H and O–H groups in total. The van der Waals surface area contributed by atoms with Gasteiger partial charge < -0.3 is 10.1 Å². The molecule has 2 aromatic carbocycles. The Labute approximate surface area is 205 Å². The largest absolute Gasteiger partial charge is 0.462 e. The van der Waals surface area contributed by atoms with Crippen LogP contribution in [0.15, 0.2) is 59.1 Å². The van der Waals surface area contributed by atoms with Gasteiger partial charge in [0.25, 0.3) is 0 Å². The summed E-state index contributed by atoms with van der Waals surface area (Å²) in [7, 11) is 0. The quantitative estimate of drug-likeness (QED) is 0.275. The number of rotatable bonds is 8. The topological polar surface area (TPSA) is 99.0 Å². The SMILES string of the molecule is CCOC(=O)c1c(-c2ccc(C)c(C)c2)csc1NC(=O)CSc1nnnn1-c1ccccc1. The number of benzene rings is 2. The number of nitrogens with one attached hydrogen (secondary N) is 1. The molecule has 1 amide bonds. The first-order valence-electron chi connectivity index (χ1n) is 10.6. The predicted octanol–water partition coefficient (Wildman–Crippen LogP) is 4.92. The zero-order valence-corrected chi connectivity index (χ0v) is 20.6. The number of anilines is 1. The minimum absolute atomic E-state index is 0.0757. The van der Waals surface area contributed by atoms with Gasteiger partial charge in [0.05, 0.1) is 18.0 Å². The summed E-state index contributed by atoms with van der Waals surface area (Å²) in [6.45, 7) is 6.06. The van der Waals surface area contributed by atoms with Gasteiger partial charge in [0, 0.05) is 10.9 Å². The molecule has 0 unspecified atom stereocenters. The Morgan fingerprint density at radius 1 is 1.12 bits per heavy atom. The molecule has 0 aliphatic heterocycles. The van der Waals surface area contributed by atoms with Crippen molar-refractivity contribution in [2.24, 2.45) is 0 Å². The van der Waals surface area contributed by atoms with Crippen LogP contribution in [0.4, 0.5) is 5.00 Å². The van der Waals surface area contributed by atoms with Gasteiger partial charge in [-0.2, -0.15) is 4.68 Å². The normalized spacial score (nSPS) is 10.8. The van der Waals surface area contributed by atoms with E-state index >= 15 is 0 Å². The molecule has 0 bridgehead atoms. The fourth-order valence-corrected chi connectivity index (χ4v) is 4.93. The highest BCUT2D eigenvalue weighted by Crippen LogP contribution is 2.37. The lowest BCUT2D eigenvalue weighted by Crippen LogP contribution is -2.16. The molecule has 0 spiro atoms. The van der Waals surface area contributed by atoms with Crippen molar-refractivity contribution in [2.75, 3.05) is 17.7 Å². The van der Waals surface area contributed by atoms with Gasteiger partial charge in [-0.25, -0.2) is 4.79 Å². The van der Waals surface area contributed by atoms with Crippen molar-refractivity contribution in [3.63, 3.8) is 0 Å². The van der Waals surface area contributed by atoms with Gasteiger partial charge in [-0.15, -0.1) is 16.4 Å². The van der Waals surface area contributed by atoms with Gasteiger partial charge in [-0.3, -0.25) is 4.79 Å². The van der Waals surface area contributed by atoms with Crippen LogP contribution in [-0.2, 0) is 9.53 Å². The minimum Gasteiger partial charge on any atom is -0.462 e. The van der Waals surface area contributed by atoms with Crippen molar-refractivity contribution in [1.29, 1.82) is 0 Å². The fraction of sp³-hybridized carbons (Fsp3) is 0.208. The van der Waals surface area contributed by atoms with Gasteiger partial charge in [0.2, 0.25) is 11.1 Å². The van der Waals surface area contributed by atoms with Gasteiger partial charge >= 0.3 is 5.97 Å². The molecule has 34 heavy (non-hydrogen) atoms. The number of aryl methyl sites for hydroxylation is 2. The minimum atomic E-state index is -0.465. The van der Waals surface area contributed by atoms with Crippen LogP contribution in [0, 0.1) is 13.8 Å². The van der Waals surface area contributed by atoms with E-state index in [1.54, 1.807) is 11.6 Å². The summed E-state index contributed by atoms with van der Waals surface area (Å²) in [6, 6.07) is 15.5. The molecule has 0 atom stereocenters. The zero-order chi connectivity index (χ0) is 24.1. The Morgan fingerprint density at radius 2 is 1.91 bits per heavy atom. The Bertz CT molecular complexity index is 1320. The first-order valence-corrected chi connectivity index (χ1v) is 12.5. The summed E-state index contributed by atoms with van der Waals surface area (Å²) in [6.07, 6.45) is 0. The monoisotopic (exact) mass is 493 g/mol. The predicted molar refractivity (Wildman–Crippen MR) is 134 cm³/mol. The van der Waals surface area contributed by atoms with Crippen LogP contribution in [-0.4, -0.2) is 44.4 Å². The van der Waals surface area contributed by atoms with E-state index < -0.39 is 5.97 Å². The molecule has 0 saturated carbocycles. The number of amides is 1. The van der Waals surface area contributed by atoms with Crippen molar-refractivity contribution in [3.8, 4) is 16.8 Å². The molecule has 2 heterocycles. The summed E-state index contributed by atoms with van der Waals surface area (Å²) >= 11 is 2.51. The van der Waals surface area contributed by atoms with Crippen molar-refractivity contribution < 1.29 is 14.3 Å². The van der Waals surface area contributed by atoms with Crippen LogP contribution in [0.5, 0.6) is 0 Å². The summed E-state index contributed by atoms with van der Waals surface area (Å²) in [5, 5.41) is 17.4. The molecule has 0 radical (unpaired) electrons. The summed E-state index contributed by atoms with van der Waals surface area (Å²) in [4.78, 5) is 25.6. The van der Waals surface area contributed by atoms with Gasteiger partial charge in [-0.1, -0.05) is 48.2 Å². The van der Waals surface area contributed by atoms with Crippen LogP contribution in [0.1, 0.15) is 28.4 Å². The maximum atomic E-state index is 12.8. The number of thiophene rings is 1. The van der Waals surface area contributed by atoms with Crippen molar-refractivity contribution in [1.82, 2.24) is 20.2 Å². The van der Waals surface area contributed by atoms with E-state index in [0.717, 1.165) is 22.4 Å². The van der Waals surface area contributed by atoms with Crippen LogP contribution in [0.3, 0.4) is 0 Å². The smallest absolute Gasteiger partial charge is 0.341 e. The second-order valence-corrected chi connectivity index (χ2v) is 9.24. The molecule has 10 heteroatoms. The average molecular weight is 494 g/mol. The highest BCUT2D eigenvalue weighted by molar-refractivity contribution is 7.99. The molecule has 0 fully saturated rings. The number of aromatic nitrogens is 4. The first kappa shape index (κ1) is 23.7. The maximum Gasteiger partial charge on any atom is 0.341 e. The second-order valence-electron chi connectivity index (χ2n) is 7.42. The van der Waals surface area contributed by atoms with E-state index in [0.29, 0.717) is 15.7 Å². The lowest BCUT2D eigenvalue weighted by molar-refractivity contribution is -0.113. The number of carbonyl (C=O) groups excluding carboxylic acids is 2. The maximum absolute atomic E-state index is 12.8. The molecular weight excluding hydrogens is 470 g/mol. The van der Waals surface area contributed by atoms with E-state index in [1.807, 2.05) is 67.8 Å². The third kappa shape index (κ3) is 5.18. The standard InChI is InChI=1S/C24H23N5O3S2/c1-4-32-23(31)21-19(17-11-10-15(2)16(3)12-17)13-33-22(21)25-20(30)14-34-24-26-27-28-29(24)18-8-6-5-7-9-18/h5-13H,4,14H2,1-3H3,(H,25,30). The molecule has 4 rings (SSSR count). The third-order valence-electron chi connectivity index (χ3n) is 5.12. The lowest BCUT2D eigenvalue weighted by atomic mass is 9.99. The van der Waals surface area contributed by atoms with Gasteiger partial charge in [0.15, 0.2) is 0 Å². The molecule has 174 valence electrons. The van der Waals surface area contributed by atoms with Crippen molar-refractivity contribution in [3.05, 3.63) is 70.6 Å². The zero-order valence-electron chi connectivity index (χ0n) is 18.9. The Morgan fingerprint density at radius 3 is 2.65 bits per heavy atom. The first-order chi connectivity index (χ1) is 16.5. The van der Waals surface area contributed by atoms with E-state index in [2.05, 4.69) is 20.8 Å². The number of thioether (sulfide) groups is 1. The summed E-state index contributed by atoms with van der Waals surface area (Å²) in [5.41, 5.74) is 5.09. The Balaban J connectivity index is 1.53. The van der Waals surface area contributed by atoms with E-state index in [-0.39, 0.29) is 18.3 Å². The van der Waals surface area contributed by atoms with Crippen molar-refractivity contribution >= 4 is 40.0 Å². The van der Waals surface area contributed by atoms with Crippen LogP contribution < -0.4 is 5.32 Å². The highest BCUT2D eigenvalue weighted by atomic mass is 32.2. The van der Waals surface area contributed by atoms with Crippen LogP contribution in [0.25, 0.3) is 16.8 Å². The average Bonchev–Trinajstić information content (AvgIpc) is 3.47. The van der Waals surface area contributed by atoms with E-state index in [9.17, 15) is 9.59 Å². The second kappa shape index (κ2) is 10.6. The van der Waals surface area contributed by atoms with Crippen LogP contribution in [0.2, 0.25) is 0 Å². The van der Waals surface area contributed by atoms with E-state index in [4.69, 9.17) is 4.74 Å². The Kier molecular flexibility index (Phi) is 7.39. The molecule has 8 nitrogen and oxygen atoms in total. The lowest BCUT2D eigenvalue weighted by Gasteiger charge is -2.10. The molecule has 4 aromatic rings. The number of hydrogen-bond donors (Lipinski definition) is 1. The Hall–Kier alpha value is -3.50. The number of esters is 1. The molecular formula is C24H23N5O3S2. The van der Waals surface area contributed by atoms with Gasteiger partial charge in [0.1, 0.15) is 10.6 Å². The number of carbonyl (C=O) groups is 2. The number of para-hydroxylation sites is 1. The number of nitrogens with zero attached hydrogens (tertiary/aromatic N) is 4. The summed E-state index contributed by atoms with van der Waals surface area (Å²) in [5.74, 6) is -0.661. The summed E-state index contributed by atoms with van der Waals surface area (Å²) < 4.78 is 6.86. The fourth-order valence-electron chi connectivity index (χ4n) is 3.27. The molecule has 0 saturated heterocycles. The number of hydrogen-bond acceptors (Lipinski definition) is 8. The number of ether oxygens (including phenoxy) is 1. The third-order valence-corrected chi connectivity index (χ3v) is 6.93.